The van der Waals surface area contributed by atoms with Crippen molar-refractivity contribution in [1.29, 1.82) is 0 Å². The number of nitrogens with zero attached hydrogens (tertiary/aromatic N) is 2. The quantitative estimate of drug-likeness (QED) is 0.517. The predicted octanol–water partition coefficient (Wildman–Crippen LogP) is 2.01. The van der Waals surface area contributed by atoms with E-state index in [2.05, 4.69) is 26.5 Å². The van der Waals surface area contributed by atoms with Crippen LogP contribution in [0.1, 0.15) is 17.2 Å². The Morgan fingerprint density at radius 3 is 2.72 bits per heavy atom. The van der Waals surface area contributed by atoms with Crippen LogP contribution in [0.2, 0.25) is 0 Å². The van der Waals surface area contributed by atoms with E-state index >= 15 is 0 Å². The van der Waals surface area contributed by atoms with Gasteiger partial charge in [-0.2, -0.15) is 5.10 Å². The molecule has 1 aromatic heterocycles. The minimum atomic E-state index is -0.934. The lowest BCUT2D eigenvalue weighted by atomic mass is 10.0. The smallest absolute Gasteiger partial charge is 0.173 e. The fourth-order valence-electron chi connectivity index (χ4n) is 1.72. The second kappa shape index (κ2) is 5.13. The number of nitrogens with one attached hydrogen (secondary N) is 1. The second-order valence-corrected chi connectivity index (χ2v) is 4.60. The minimum Gasteiger partial charge on any atom is -0.275 e. The lowest BCUT2D eigenvalue weighted by molar-refractivity contribution is 0.498. The standard InChI is InChI=1S/C11H11BrF2N4/c1-18-5-6(4-16-18)11(17-15)7-2-3-8(13)10(14)9(7)12/h2-5,11,17H,15H2,1H3. The van der Waals surface area contributed by atoms with Gasteiger partial charge in [0.05, 0.1) is 16.7 Å². The zero-order valence-electron chi connectivity index (χ0n) is 9.49. The summed E-state index contributed by atoms with van der Waals surface area (Å²) < 4.78 is 28.2. The summed E-state index contributed by atoms with van der Waals surface area (Å²) in [5, 5.41) is 4.02. The molecule has 0 aliphatic carbocycles. The van der Waals surface area contributed by atoms with Crippen LogP contribution in [0.3, 0.4) is 0 Å². The molecule has 7 heteroatoms. The van der Waals surface area contributed by atoms with Crippen molar-refractivity contribution in [2.24, 2.45) is 12.9 Å². The molecule has 96 valence electrons. The third kappa shape index (κ3) is 2.29. The molecule has 4 nitrogen and oxygen atoms in total. The Kier molecular flexibility index (Phi) is 3.74. The van der Waals surface area contributed by atoms with Crippen LogP contribution in [0.15, 0.2) is 29.0 Å². The Morgan fingerprint density at radius 1 is 1.44 bits per heavy atom. The molecule has 3 N–H and O–H groups in total. The summed E-state index contributed by atoms with van der Waals surface area (Å²) in [6.45, 7) is 0. The zero-order valence-corrected chi connectivity index (χ0v) is 11.1. The van der Waals surface area contributed by atoms with Crippen molar-refractivity contribution in [2.45, 2.75) is 6.04 Å². The second-order valence-electron chi connectivity index (χ2n) is 3.81. The van der Waals surface area contributed by atoms with Crippen LogP contribution >= 0.6 is 15.9 Å². The Hall–Kier alpha value is -1.31. The van der Waals surface area contributed by atoms with E-state index < -0.39 is 17.7 Å². The van der Waals surface area contributed by atoms with E-state index in [4.69, 9.17) is 5.84 Å². The van der Waals surface area contributed by atoms with E-state index in [0.29, 0.717) is 5.56 Å². The van der Waals surface area contributed by atoms with Crippen molar-refractivity contribution in [3.05, 3.63) is 51.8 Å². The summed E-state index contributed by atoms with van der Waals surface area (Å²) in [5.41, 5.74) is 3.82. The summed E-state index contributed by atoms with van der Waals surface area (Å²) >= 11 is 3.04. The fourth-order valence-corrected chi connectivity index (χ4v) is 2.27. The van der Waals surface area contributed by atoms with E-state index in [9.17, 15) is 8.78 Å². The van der Waals surface area contributed by atoms with Crippen molar-refractivity contribution in [2.75, 3.05) is 0 Å². The maximum Gasteiger partial charge on any atom is 0.173 e. The molecule has 2 rings (SSSR count). The van der Waals surface area contributed by atoms with Gasteiger partial charge in [0.2, 0.25) is 0 Å². The van der Waals surface area contributed by atoms with E-state index in [1.165, 1.54) is 6.07 Å². The molecular formula is C11H11BrF2N4. The third-order valence-corrected chi connectivity index (χ3v) is 3.41. The van der Waals surface area contributed by atoms with Crippen LogP contribution in [0, 0.1) is 11.6 Å². The molecule has 0 radical (unpaired) electrons. The molecule has 0 saturated heterocycles. The van der Waals surface area contributed by atoms with Gasteiger partial charge >= 0.3 is 0 Å². The van der Waals surface area contributed by atoms with Gasteiger partial charge in [-0.05, 0) is 27.6 Å². The summed E-state index contributed by atoms with van der Waals surface area (Å²) in [6.07, 6.45) is 3.36. The fraction of sp³-hybridized carbons (Fsp3) is 0.182. The predicted molar refractivity (Wildman–Crippen MR) is 66.4 cm³/mol. The molecule has 0 aliphatic heterocycles. The van der Waals surface area contributed by atoms with Gasteiger partial charge in [-0.25, -0.2) is 14.2 Å². The molecule has 1 aromatic carbocycles. The number of rotatable bonds is 3. The van der Waals surface area contributed by atoms with Crippen molar-refractivity contribution < 1.29 is 8.78 Å². The third-order valence-electron chi connectivity index (χ3n) is 2.60. The highest BCUT2D eigenvalue weighted by Gasteiger charge is 2.20. The topological polar surface area (TPSA) is 55.9 Å². The molecule has 0 spiro atoms. The highest BCUT2D eigenvalue weighted by Crippen LogP contribution is 2.30. The zero-order chi connectivity index (χ0) is 13.3. The first kappa shape index (κ1) is 13.1. The van der Waals surface area contributed by atoms with Gasteiger partial charge in [0.15, 0.2) is 11.6 Å². The van der Waals surface area contributed by atoms with Crippen molar-refractivity contribution >= 4 is 15.9 Å². The molecule has 1 atom stereocenters. The van der Waals surface area contributed by atoms with E-state index in [1.54, 1.807) is 24.1 Å². The van der Waals surface area contributed by atoms with Crippen LogP contribution < -0.4 is 11.3 Å². The van der Waals surface area contributed by atoms with Crippen molar-refractivity contribution in [1.82, 2.24) is 15.2 Å². The van der Waals surface area contributed by atoms with Crippen LogP contribution in [0.5, 0.6) is 0 Å². The molecule has 18 heavy (non-hydrogen) atoms. The summed E-state index contributed by atoms with van der Waals surface area (Å²) in [4.78, 5) is 0. The van der Waals surface area contributed by atoms with Gasteiger partial charge in [0.25, 0.3) is 0 Å². The van der Waals surface area contributed by atoms with Crippen molar-refractivity contribution in [3.8, 4) is 0 Å². The lowest BCUT2D eigenvalue weighted by Crippen LogP contribution is -2.29. The van der Waals surface area contributed by atoms with E-state index in [1.807, 2.05) is 0 Å². The van der Waals surface area contributed by atoms with Gasteiger partial charge in [-0.1, -0.05) is 6.07 Å². The molecule has 0 bridgehead atoms. The number of benzene rings is 1. The highest BCUT2D eigenvalue weighted by molar-refractivity contribution is 9.10. The summed E-state index contributed by atoms with van der Waals surface area (Å²) in [6, 6.07) is 2.07. The Morgan fingerprint density at radius 2 is 2.17 bits per heavy atom. The first-order chi connectivity index (χ1) is 8.54. The van der Waals surface area contributed by atoms with Gasteiger partial charge in [-0.15, -0.1) is 0 Å². The number of hydrazine groups is 1. The molecule has 1 unspecified atom stereocenters. The molecular weight excluding hydrogens is 306 g/mol. The first-order valence-corrected chi connectivity index (χ1v) is 5.92. The van der Waals surface area contributed by atoms with Crippen LogP contribution in [-0.4, -0.2) is 9.78 Å². The number of nitrogens with two attached hydrogens (primary N) is 1. The summed E-state index contributed by atoms with van der Waals surface area (Å²) in [5.74, 6) is 3.64. The molecule has 0 fully saturated rings. The summed E-state index contributed by atoms with van der Waals surface area (Å²) in [7, 11) is 1.76. The van der Waals surface area contributed by atoms with E-state index in [0.717, 1.165) is 11.6 Å². The van der Waals surface area contributed by atoms with Crippen LogP contribution in [0.25, 0.3) is 0 Å². The van der Waals surface area contributed by atoms with Gasteiger partial charge < -0.3 is 0 Å². The number of hydrogen-bond donors (Lipinski definition) is 2. The van der Waals surface area contributed by atoms with E-state index in [-0.39, 0.29) is 4.47 Å². The average molecular weight is 317 g/mol. The Labute approximate surface area is 111 Å². The molecule has 0 aliphatic rings. The van der Waals surface area contributed by atoms with Crippen LogP contribution in [-0.2, 0) is 7.05 Å². The van der Waals surface area contributed by atoms with Gasteiger partial charge in [0.1, 0.15) is 0 Å². The number of aryl methyl sites for hydroxylation is 1. The Bertz CT molecular complexity index is 570. The van der Waals surface area contributed by atoms with Crippen molar-refractivity contribution in [3.63, 3.8) is 0 Å². The largest absolute Gasteiger partial charge is 0.275 e. The van der Waals surface area contributed by atoms with Crippen LogP contribution in [0.4, 0.5) is 8.78 Å². The molecule has 0 amide bonds. The van der Waals surface area contributed by atoms with Gasteiger partial charge in [-0.3, -0.25) is 10.5 Å². The van der Waals surface area contributed by atoms with Gasteiger partial charge in [0, 0.05) is 18.8 Å². The Balaban J connectivity index is 2.49. The highest BCUT2D eigenvalue weighted by atomic mass is 79.9. The SMILES string of the molecule is Cn1cc(C(NN)c2ccc(F)c(F)c2Br)cn1. The number of hydrogen-bond acceptors (Lipinski definition) is 3. The maximum absolute atomic E-state index is 13.5. The number of halogens is 3. The number of aromatic nitrogens is 2. The molecule has 0 saturated carbocycles. The minimum absolute atomic E-state index is 0.0503. The maximum atomic E-state index is 13.5. The molecule has 2 aromatic rings. The average Bonchev–Trinajstić information content (AvgIpc) is 2.77. The monoisotopic (exact) mass is 316 g/mol. The molecule has 1 heterocycles. The normalized spacial score (nSPS) is 12.7. The lowest BCUT2D eigenvalue weighted by Gasteiger charge is -2.16. The first-order valence-electron chi connectivity index (χ1n) is 5.12.